The topological polar surface area (TPSA) is 123 Å². The van der Waals surface area contributed by atoms with E-state index in [0.717, 1.165) is 38.5 Å². The second-order valence-electron chi connectivity index (χ2n) is 9.77. The number of ether oxygens (including phenoxy) is 1. The molecule has 0 aliphatic carbocycles. The van der Waals surface area contributed by atoms with Gasteiger partial charge in [-0.15, -0.1) is 11.8 Å². The molecular weight excluding hydrogens is 564 g/mol. The van der Waals surface area contributed by atoms with Crippen molar-refractivity contribution in [3.63, 3.8) is 0 Å². The maximum absolute atomic E-state index is 12.5. The van der Waals surface area contributed by atoms with Gasteiger partial charge in [0, 0.05) is 18.4 Å². The molecule has 3 N–H and O–H groups in total. The summed E-state index contributed by atoms with van der Waals surface area (Å²) in [5, 5.41) is 14.4. The van der Waals surface area contributed by atoms with Crippen LogP contribution < -0.4 is 16.3 Å². The van der Waals surface area contributed by atoms with Gasteiger partial charge in [-0.1, -0.05) is 79.8 Å². The number of rotatable bonds is 19. The molecule has 1 fully saturated rings. The van der Waals surface area contributed by atoms with E-state index in [2.05, 4.69) is 83.3 Å². The second kappa shape index (κ2) is 22.1. The maximum Gasteiger partial charge on any atom is 0.351 e. The van der Waals surface area contributed by atoms with Gasteiger partial charge in [0.2, 0.25) is 11.8 Å². The lowest BCUT2D eigenvalue weighted by atomic mass is 10.2. The smallest absolute Gasteiger partial charge is 0.351 e. The Bertz CT molecular complexity index is 1220. The number of carbonyl (C=O) groups excluding carboxylic acids is 2. The summed E-state index contributed by atoms with van der Waals surface area (Å²) < 4.78 is 6.89. The Kier molecular flexibility index (Phi) is 18.4. The lowest BCUT2D eigenvalue weighted by molar-refractivity contribution is -0.126. The summed E-state index contributed by atoms with van der Waals surface area (Å²) in [5.74, 6) is -0.102. The van der Waals surface area contributed by atoms with Gasteiger partial charge in [-0.05, 0) is 57.9 Å². The quantitative estimate of drug-likeness (QED) is 0.171. The van der Waals surface area contributed by atoms with Crippen LogP contribution in [0.1, 0.15) is 71.4 Å². The summed E-state index contributed by atoms with van der Waals surface area (Å²) in [6, 6.07) is 0.706. The molecule has 3 atom stereocenters. The molecule has 2 rings (SSSR count). The Hall–Kier alpha value is -3.47. The molecule has 2 heterocycles. The first kappa shape index (κ1) is 35.7. The van der Waals surface area contributed by atoms with Crippen molar-refractivity contribution in [1.82, 2.24) is 14.9 Å². The van der Waals surface area contributed by atoms with E-state index in [-0.39, 0.29) is 30.2 Å². The zero-order valence-corrected chi connectivity index (χ0v) is 26.1. The molecule has 1 unspecified atom stereocenters. The van der Waals surface area contributed by atoms with Gasteiger partial charge in [-0.3, -0.25) is 14.2 Å². The predicted molar refractivity (Wildman–Crippen MR) is 176 cm³/mol. The minimum Gasteiger partial charge on any atom is -0.393 e. The van der Waals surface area contributed by atoms with Crippen LogP contribution in [0, 0.1) is 0 Å². The minimum absolute atomic E-state index is 0.0923. The molecule has 1 aromatic heterocycles. The van der Waals surface area contributed by atoms with Crippen LogP contribution in [0.4, 0.5) is 5.82 Å². The van der Waals surface area contributed by atoms with Gasteiger partial charge >= 0.3 is 5.69 Å². The first-order chi connectivity index (χ1) is 20.9. The van der Waals surface area contributed by atoms with Crippen molar-refractivity contribution in [2.45, 2.75) is 82.9 Å². The monoisotopic (exact) mass is 610 g/mol. The molecule has 2 amide bonds. The van der Waals surface area contributed by atoms with E-state index in [9.17, 15) is 19.5 Å². The Labute approximate surface area is 259 Å². The van der Waals surface area contributed by atoms with Crippen LogP contribution in [-0.2, 0) is 14.3 Å². The summed E-state index contributed by atoms with van der Waals surface area (Å²) in [4.78, 5) is 40.9. The molecule has 10 heteroatoms. The van der Waals surface area contributed by atoms with Crippen LogP contribution in [0.25, 0.3) is 0 Å². The van der Waals surface area contributed by atoms with Crippen molar-refractivity contribution in [2.75, 3.05) is 17.7 Å². The molecule has 9 nitrogen and oxygen atoms in total. The highest BCUT2D eigenvalue weighted by atomic mass is 32.2. The second-order valence-corrected chi connectivity index (χ2v) is 11.0. The molecular formula is C33H46N4O5S. The lowest BCUT2D eigenvalue weighted by Gasteiger charge is -2.15. The summed E-state index contributed by atoms with van der Waals surface area (Å²) in [6.07, 6.45) is 33.1. The predicted octanol–water partition coefficient (Wildman–Crippen LogP) is 5.74. The fourth-order valence-electron chi connectivity index (χ4n) is 3.85. The highest BCUT2D eigenvalue weighted by Crippen LogP contribution is 2.30. The van der Waals surface area contributed by atoms with Crippen molar-refractivity contribution in [3.05, 3.63) is 95.7 Å². The van der Waals surface area contributed by atoms with Crippen molar-refractivity contribution in [2.24, 2.45) is 0 Å². The molecule has 1 aliphatic rings. The molecule has 1 aromatic rings. The normalized spacial score (nSPS) is 18.3. The standard InChI is InChI=1S/C33H46N4O5S/c1-3-4-5-6-7-8-9-10-11-12-13-14-15-16-17-18-19-20-21-22-29(39)34-27(2)32(40)35-28-23-24-37(33(41)36-28)30-26-43-31(25-38)42-30/h4-5,7-8,10-11,13-14,16-17,19-20,23-24,27,30-31,38H,3,6,9,12,15,18,21-22,25-26H2,1-2H3,(H,34,39)(H,35,36,40,41)/t27-,30?,31+/m0/s1. The van der Waals surface area contributed by atoms with Crippen LogP contribution in [0.5, 0.6) is 0 Å². The number of aliphatic hydroxyl groups excluding tert-OH is 1. The summed E-state index contributed by atoms with van der Waals surface area (Å²) >= 11 is 1.41. The van der Waals surface area contributed by atoms with Gasteiger partial charge in [0.15, 0.2) is 0 Å². The van der Waals surface area contributed by atoms with Crippen LogP contribution >= 0.6 is 11.8 Å². The number of allylic oxidation sites excluding steroid dienone is 12. The maximum atomic E-state index is 12.5. The summed E-state index contributed by atoms with van der Waals surface area (Å²) in [6.45, 7) is 3.58. The number of hydrogen-bond acceptors (Lipinski definition) is 7. The number of nitrogens with zero attached hydrogens (tertiary/aromatic N) is 2. The first-order valence-electron chi connectivity index (χ1n) is 14.9. The van der Waals surface area contributed by atoms with Crippen molar-refractivity contribution in [1.29, 1.82) is 0 Å². The van der Waals surface area contributed by atoms with Crippen molar-refractivity contribution < 1.29 is 19.4 Å². The highest BCUT2D eigenvalue weighted by molar-refractivity contribution is 8.00. The fourth-order valence-corrected chi connectivity index (χ4v) is 4.78. The van der Waals surface area contributed by atoms with Crippen molar-refractivity contribution >= 4 is 29.4 Å². The molecule has 0 aromatic carbocycles. The Morgan fingerprint density at radius 2 is 1.56 bits per heavy atom. The number of anilines is 1. The van der Waals surface area contributed by atoms with Crippen LogP contribution in [0.2, 0.25) is 0 Å². The molecule has 43 heavy (non-hydrogen) atoms. The van der Waals surface area contributed by atoms with Gasteiger partial charge in [0.1, 0.15) is 23.5 Å². The number of hydrogen-bond donors (Lipinski definition) is 3. The average molecular weight is 611 g/mol. The van der Waals surface area contributed by atoms with Crippen molar-refractivity contribution in [3.8, 4) is 0 Å². The average Bonchev–Trinajstić information content (AvgIpc) is 3.47. The summed E-state index contributed by atoms with van der Waals surface area (Å²) in [7, 11) is 0. The number of nitrogens with one attached hydrogen (secondary N) is 2. The number of thioether (sulfide) groups is 1. The van der Waals surface area contributed by atoms with E-state index in [0.29, 0.717) is 12.2 Å². The number of amides is 2. The minimum atomic E-state index is -0.790. The largest absolute Gasteiger partial charge is 0.393 e. The van der Waals surface area contributed by atoms with E-state index in [1.165, 1.54) is 28.6 Å². The van der Waals surface area contributed by atoms with E-state index in [1.807, 2.05) is 12.2 Å². The summed E-state index contributed by atoms with van der Waals surface area (Å²) in [5.41, 5.74) is -0.949. The van der Waals surface area contributed by atoms with Gasteiger partial charge in [-0.2, -0.15) is 4.98 Å². The Balaban J connectivity index is 1.56. The molecule has 0 saturated carbocycles. The first-order valence-corrected chi connectivity index (χ1v) is 16.0. The zero-order chi connectivity index (χ0) is 31.1. The van der Waals surface area contributed by atoms with Gasteiger partial charge in [0.25, 0.3) is 0 Å². The van der Waals surface area contributed by atoms with Crippen LogP contribution in [0.3, 0.4) is 0 Å². The third-order valence-corrected chi connectivity index (χ3v) is 7.29. The molecule has 0 bridgehead atoms. The molecule has 0 radical (unpaired) electrons. The molecule has 1 aliphatic heterocycles. The number of aliphatic hydroxyl groups is 1. The van der Waals surface area contributed by atoms with E-state index < -0.39 is 23.9 Å². The molecule has 1 saturated heterocycles. The Morgan fingerprint density at radius 1 is 1.00 bits per heavy atom. The molecule has 234 valence electrons. The highest BCUT2D eigenvalue weighted by Gasteiger charge is 2.27. The van der Waals surface area contributed by atoms with Crippen LogP contribution in [0.15, 0.2) is 90.0 Å². The zero-order valence-electron chi connectivity index (χ0n) is 25.3. The van der Waals surface area contributed by atoms with E-state index in [4.69, 9.17) is 4.74 Å². The van der Waals surface area contributed by atoms with Gasteiger partial charge in [0.05, 0.1) is 6.61 Å². The van der Waals surface area contributed by atoms with E-state index in [1.54, 1.807) is 6.92 Å². The number of aromatic nitrogens is 2. The van der Waals surface area contributed by atoms with Crippen LogP contribution in [-0.4, -0.2) is 50.3 Å². The Morgan fingerprint density at radius 3 is 2.07 bits per heavy atom. The third-order valence-electron chi connectivity index (χ3n) is 6.18. The molecule has 0 spiro atoms. The van der Waals surface area contributed by atoms with Gasteiger partial charge in [-0.25, -0.2) is 4.79 Å². The third kappa shape index (κ3) is 15.5. The fraction of sp³-hybridized carbons (Fsp3) is 0.455. The van der Waals surface area contributed by atoms with Gasteiger partial charge < -0.3 is 20.5 Å². The SMILES string of the molecule is CCC=CCC=CCC=CCC=CCC=CCC=CCCC(=O)N[C@@H](C)C(=O)Nc1ccn(C2CS[C@H](CO)O2)c(=O)n1. The lowest BCUT2D eigenvalue weighted by Crippen LogP contribution is -2.42. The van der Waals surface area contributed by atoms with E-state index >= 15 is 0 Å². The number of carbonyl (C=O) groups is 2.